The molecule has 1 fully saturated rings. The van der Waals surface area contributed by atoms with Gasteiger partial charge in [0.1, 0.15) is 24.4 Å². The molecule has 6 atom stereocenters. The van der Waals surface area contributed by atoms with Gasteiger partial charge >= 0.3 is 31.3 Å². The summed E-state index contributed by atoms with van der Waals surface area (Å²) in [6.07, 6.45) is -11.3. The van der Waals surface area contributed by atoms with Gasteiger partial charge in [0.15, 0.2) is 22.8 Å². The van der Waals surface area contributed by atoms with E-state index in [1.165, 1.54) is 60.7 Å². The first-order chi connectivity index (χ1) is 24.4. The van der Waals surface area contributed by atoms with Crippen LogP contribution in [0.5, 0.6) is 0 Å². The molecular formula is C28H40O20P4. The molecule has 1 aliphatic rings. The molecule has 2 aromatic rings. The van der Waals surface area contributed by atoms with Crippen LogP contribution in [0.4, 0.5) is 0 Å². The van der Waals surface area contributed by atoms with Crippen LogP contribution in [0, 0.1) is 0 Å². The number of aliphatic hydroxyl groups is 2. The molecule has 52 heavy (non-hydrogen) atoms. The molecule has 1 saturated carbocycles. The maximum Gasteiger partial charge on any atom is 0.474 e. The van der Waals surface area contributed by atoms with E-state index in [1.807, 2.05) is 0 Å². The standard InChI is InChI=1S/C28H40O20P4/c1-37-49(33,38-2)45-23-24(46-50(34,39-3)40-4)28(32,22(30)20-17-13-10-14-18-20)26(48-52(36,43-7)44-8)25(47-51(35,41-5)42-6)27(23,31)21(29)19-15-11-9-12-16-19/h9-18,23-26,31-32H,1-8H3/t23-,24-,25-,26+,27?,28?/m1/s1. The van der Waals surface area contributed by atoms with Gasteiger partial charge in [-0.1, -0.05) is 60.7 Å². The van der Waals surface area contributed by atoms with E-state index >= 15 is 0 Å². The van der Waals surface area contributed by atoms with E-state index in [-0.39, 0.29) is 11.1 Å². The van der Waals surface area contributed by atoms with Crippen LogP contribution in [0.1, 0.15) is 20.7 Å². The normalized spacial score (nSPS) is 25.9. The minimum absolute atomic E-state index is 0.373. The lowest BCUT2D eigenvalue weighted by atomic mass is 9.63. The number of carbonyl (C=O) groups excluding carboxylic acids is 2. The van der Waals surface area contributed by atoms with Crippen molar-refractivity contribution in [2.45, 2.75) is 35.6 Å². The molecule has 0 amide bonds. The molecule has 0 aromatic heterocycles. The Bertz CT molecular complexity index is 1500. The molecule has 1 aliphatic carbocycles. The second-order valence-electron chi connectivity index (χ2n) is 10.4. The highest BCUT2D eigenvalue weighted by molar-refractivity contribution is 7.49. The van der Waals surface area contributed by atoms with Crippen LogP contribution in [-0.4, -0.2) is 114 Å². The SMILES string of the molecule is COP(=O)(OC)O[C@@H]1[C@@H](OP(=O)(OC)OC)C(O)(C(=O)c2ccccc2)[C@@H](OP(=O)(OC)OC)[C@@H](OP(=O)(OC)OC)C1(O)C(=O)c1ccccc1. The van der Waals surface area contributed by atoms with E-state index in [9.17, 15) is 38.1 Å². The summed E-state index contributed by atoms with van der Waals surface area (Å²) >= 11 is 0. The minimum atomic E-state index is -5.02. The molecule has 0 spiro atoms. The van der Waals surface area contributed by atoms with Crippen LogP contribution in [0.25, 0.3) is 0 Å². The largest absolute Gasteiger partial charge is 0.474 e. The summed E-state index contributed by atoms with van der Waals surface area (Å²) in [5.41, 5.74) is -8.00. The van der Waals surface area contributed by atoms with Gasteiger partial charge in [-0.3, -0.25) is 63.9 Å². The van der Waals surface area contributed by atoms with Gasteiger partial charge in [0.05, 0.1) is 0 Å². The highest BCUT2D eigenvalue weighted by Crippen LogP contribution is 2.63. The van der Waals surface area contributed by atoms with Gasteiger partial charge in [-0.25, -0.2) is 18.3 Å². The van der Waals surface area contributed by atoms with E-state index in [2.05, 4.69) is 0 Å². The molecule has 0 heterocycles. The number of rotatable bonds is 20. The molecule has 2 N–H and O–H groups in total. The Morgan fingerprint density at radius 1 is 0.442 bits per heavy atom. The van der Waals surface area contributed by atoms with Crippen LogP contribution >= 0.6 is 31.3 Å². The van der Waals surface area contributed by atoms with Gasteiger partial charge in [-0.2, -0.15) is 0 Å². The maximum atomic E-state index is 14.7. The van der Waals surface area contributed by atoms with Crippen molar-refractivity contribution < 1.29 is 92.3 Å². The first-order valence-corrected chi connectivity index (χ1v) is 20.5. The molecule has 3 rings (SSSR count). The molecule has 24 heteroatoms. The third-order valence-electron chi connectivity index (χ3n) is 7.84. The lowest BCUT2D eigenvalue weighted by Crippen LogP contribution is -2.81. The Hall–Kier alpha value is -1.86. The van der Waals surface area contributed by atoms with E-state index in [4.69, 9.17) is 54.3 Å². The van der Waals surface area contributed by atoms with Gasteiger partial charge in [-0.15, -0.1) is 0 Å². The number of Topliss-reactive ketones (excluding diaryl/α,β-unsaturated/α-hetero) is 2. The quantitative estimate of drug-likeness (QED) is 0.139. The highest BCUT2D eigenvalue weighted by Gasteiger charge is 2.76. The zero-order valence-electron chi connectivity index (χ0n) is 29.1. The van der Waals surface area contributed by atoms with Crippen molar-refractivity contribution in [2.24, 2.45) is 0 Å². The van der Waals surface area contributed by atoms with Crippen LogP contribution < -0.4 is 0 Å². The number of ketones is 2. The number of phosphoric ester groups is 4. The number of hydrogen-bond donors (Lipinski definition) is 2. The molecule has 2 aromatic carbocycles. The monoisotopic (exact) mass is 820 g/mol. The lowest BCUT2D eigenvalue weighted by molar-refractivity contribution is -0.257. The van der Waals surface area contributed by atoms with E-state index in [0.717, 1.165) is 56.9 Å². The Balaban J connectivity index is 2.69. The Labute approximate surface area is 299 Å². The molecule has 0 saturated heterocycles. The summed E-state index contributed by atoms with van der Waals surface area (Å²) in [5.74, 6) is -2.93. The topological polar surface area (TPSA) is 254 Å². The smallest absolute Gasteiger partial charge is 0.376 e. The van der Waals surface area contributed by atoms with Gasteiger partial charge in [-0.05, 0) is 0 Å². The van der Waals surface area contributed by atoms with Gasteiger partial charge in [0, 0.05) is 68.0 Å². The van der Waals surface area contributed by atoms with Gasteiger partial charge in [0.25, 0.3) is 0 Å². The van der Waals surface area contributed by atoms with Crippen LogP contribution in [0.15, 0.2) is 60.7 Å². The van der Waals surface area contributed by atoms with Crippen molar-refractivity contribution in [1.82, 2.24) is 0 Å². The van der Waals surface area contributed by atoms with Crippen molar-refractivity contribution in [2.75, 3.05) is 56.9 Å². The van der Waals surface area contributed by atoms with Crippen LogP contribution in [0.2, 0.25) is 0 Å². The molecule has 292 valence electrons. The average Bonchev–Trinajstić information content (AvgIpc) is 3.19. The molecule has 20 nitrogen and oxygen atoms in total. The molecular weight excluding hydrogens is 780 g/mol. The highest BCUT2D eigenvalue weighted by atomic mass is 31.2. The van der Waals surface area contributed by atoms with Gasteiger partial charge in [0.2, 0.25) is 0 Å². The van der Waals surface area contributed by atoms with E-state index in [0.29, 0.717) is 0 Å². The summed E-state index contributed by atoms with van der Waals surface area (Å²) in [4.78, 5) is 29.5. The Morgan fingerprint density at radius 3 is 0.808 bits per heavy atom. The number of carbonyl (C=O) groups is 2. The predicted octanol–water partition coefficient (Wildman–Crippen LogP) is 4.37. The molecule has 2 unspecified atom stereocenters. The lowest BCUT2D eigenvalue weighted by Gasteiger charge is -2.56. The molecule has 0 bridgehead atoms. The summed E-state index contributed by atoms with van der Waals surface area (Å²) in [5, 5.41) is 25.9. The number of phosphoric acid groups is 4. The van der Waals surface area contributed by atoms with Crippen LogP contribution in [0.3, 0.4) is 0 Å². The zero-order chi connectivity index (χ0) is 39.2. The maximum absolute atomic E-state index is 14.7. The zero-order valence-corrected chi connectivity index (χ0v) is 32.7. The number of hydrogen-bond acceptors (Lipinski definition) is 20. The summed E-state index contributed by atoms with van der Waals surface area (Å²) < 4.78 is 117. The van der Waals surface area contributed by atoms with E-state index in [1.54, 1.807) is 0 Å². The van der Waals surface area contributed by atoms with Crippen molar-refractivity contribution in [3.05, 3.63) is 71.8 Å². The third kappa shape index (κ3) is 8.82. The average molecular weight is 821 g/mol. The second kappa shape index (κ2) is 17.7. The first-order valence-electron chi connectivity index (χ1n) is 14.6. The first kappa shape index (κ1) is 44.5. The Kier molecular flexibility index (Phi) is 15.2. The number of benzene rings is 2. The van der Waals surface area contributed by atoms with Crippen LogP contribution in [-0.2, 0) is 72.5 Å². The predicted molar refractivity (Wildman–Crippen MR) is 177 cm³/mol. The fourth-order valence-corrected chi connectivity index (χ4v) is 8.63. The fraction of sp³-hybridized carbons (Fsp3) is 0.500. The van der Waals surface area contributed by atoms with Crippen molar-refractivity contribution in [1.29, 1.82) is 0 Å². The molecule has 0 radical (unpaired) electrons. The van der Waals surface area contributed by atoms with Crippen molar-refractivity contribution in [3.63, 3.8) is 0 Å². The molecule has 0 aliphatic heterocycles. The summed E-state index contributed by atoms with van der Waals surface area (Å²) in [6.45, 7) is 0. The summed E-state index contributed by atoms with van der Waals surface area (Å²) in [6, 6.07) is 13.2. The summed E-state index contributed by atoms with van der Waals surface area (Å²) in [7, 11) is -13.5. The van der Waals surface area contributed by atoms with E-state index < -0.39 is 78.5 Å². The van der Waals surface area contributed by atoms with Crippen molar-refractivity contribution >= 4 is 42.9 Å². The minimum Gasteiger partial charge on any atom is -0.376 e. The fourth-order valence-electron chi connectivity index (χ4n) is 5.15. The van der Waals surface area contributed by atoms with Crippen molar-refractivity contribution in [3.8, 4) is 0 Å². The second-order valence-corrected chi connectivity index (χ2v) is 17.7. The third-order valence-corrected chi connectivity index (χ3v) is 13.4. The Morgan fingerprint density at radius 2 is 0.635 bits per heavy atom. The van der Waals surface area contributed by atoms with Gasteiger partial charge < -0.3 is 10.2 Å².